The molecule has 66 valence electrons. The van der Waals surface area contributed by atoms with Crippen LogP contribution in [-0.2, 0) is 9.47 Å². The van der Waals surface area contributed by atoms with Gasteiger partial charge in [0.1, 0.15) is 6.10 Å². The fourth-order valence-electron chi connectivity index (χ4n) is 1.26. The Kier molecular flexibility index (Phi) is 2.84. The van der Waals surface area contributed by atoms with Crippen LogP contribution >= 0.6 is 0 Å². The molecule has 1 aliphatic heterocycles. The Hall–Kier alpha value is -0.160. The maximum Gasteiger partial charge on any atom is 0.183 e. The van der Waals surface area contributed by atoms with Crippen LogP contribution in [0.25, 0.3) is 0 Å². The summed E-state index contributed by atoms with van der Waals surface area (Å²) in [7, 11) is 1.51. The van der Waals surface area contributed by atoms with Crippen molar-refractivity contribution in [2.75, 3.05) is 7.11 Å². The van der Waals surface area contributed by atoms with Crippen LogP contribution in [-0.4, -0.2) is 41.9 Å². The molecular weight excluding hydrogens is 148 g/mol. The van der Waals surface area contributed by atoms with Crippen molar-refractivity contribution in [2.24, 2.45) is 0 Å². The zero-order valence-electron chi connectivity index (χ0n) is 6.73. The molecule has 1 rings (SSSR count). The van der Waals surface area contributed by atoms with E-state index in [4.69, 9.17) is 14.6 Å². The predicted octanol–water partition coefficient (Wildman–Crippen LogP) is -0.510. The quantitative estimate of drug-likeness (QED) is 0.545. The van der Waals surface area contributed by atoms with Gasteiger partial charge in [0.05, 0.1) is 12.2 Å². The minimum Gasteiger partial charge on any atom is -0.385 e. The topological polar surface area (TPSA) is 58.9 Å². The van der Waals surface area contributed by atoms with Gasteiger partial charge in [-0.2, -0.15) is 0 Å². The monoisotopic (exact) mass is 162 g/mol. The Labute approximate surface area is 65.7 Å². The molecule has 4 atom stereocenters. The first kappa shape index (κ1) is 8.93. The van der Waals surface area contributed by atoms with Crippen LogP contribution in [0.15, 0.2) is 0 Å². The first-order chi connectivity index (χ1) is 5.15. The number of rotatable bonds is 1. The smallest absolute Gasteiger partial charge is 0.183 e. The van der Waals surface area contributed by atoms with Crippen molar-refractivity contribution in [1.82, 2.24) is 0 Å². The summed E-state index contributed by atoms with van der Waals surface area (Å²) < 4.78 is 9.91. The van der Waals surface area contributed by atoms with E-state index in [2.05, 4.69) is 0 Å². The van der Waals surface area contributed by atoms with Crippen molar-refractivity contribution in [1.29, 1.82) is 0 Å². The number of methoxy groups -OCH3 is 1. The number of aliphatic hydroxyl groups is 2. The summed E-state index contributed by atoms with van der Waals surface area (Å²) in [6.07, 6.45) is -1.78. The minimum atomic E-state index is -1.11. The van der Waals surface area contributed by atoms with Crippen LogP contribution < -0.4 is 0 Å². The normalized spacial score (nSPS) is 45.8. The Morgan fingerprint density at radius 3 is 2.64 bits per heavy atom. The maximum atomic E-state index is 9.26. The molecule has 0 aromatic carbocycles. The van der Waals surface area contributed by atoms with E-state index in [1.165, 1.54) is 7.11 Å². The van der Waals surface area contributed by atoms with E-state index in [0.717, 1.165) is 0 Å². The zero-order chi connectivity index (χ0) is 8.43. The molecule has 11 heavy (non-hydrogen) atoms. The van der Waals surface area contributed by atoms with Gasteiger partial charge in [0.25, 0.3) is 0 Å². The predicted molar refractivity (Wildman–Crippen MR) is 38.0 cm³/mol. The van der Waals surface area contributed by atoms with E-state index in [1.54, 1.807) is 0 Å². The van der Waals surface area contributed by atoms with Crippen molar-refractivity contribution in [3.63, 3.8) is 0 Å². The second-order valence-electron chi connectivity index (χ2n) is 2.84. The fraction of sp³-hybridized carbons (Fsp3) is 1.00. The number of ether oxygens (including phenoxy) is 2. The van der Waals surface area contributed by atoms with E-state index in [0.29, 0.717) is 6.42 Å². The van der Waals surface area contributed by atoms with Crippen LogP contribution in [0.2, 0.25) is 0 Å². The van der Waals surface area contributed by atoms with Gasteiger partial charge in [0, 0.05) is 13.5 Å². The lowest BCUT2D eigenvalue weighted by atomic mass is 10.0. The van der Waals surface area contributed by atoms with Gasteiger partial charge >= 0.3 is 0 Å². The summed E-state index contributed by atoms with van der Waals surface area (Å²) in [6, 6.07) is 0. The highest BCUT2D eigenvalue weighted by molar-refractivity contribution is 4.79. The molecule has 4 nitrogen and oxygen atoms in total. The van der Waals surface area contributed by atoms with Crippen molar-refractivity contribution in [3.8, 4) is 0 Å². The molecule has 1 aliphatic rings. The molecule has 0 saturated carbocycles. The highest BCUT2D eigenvalue weighted by atomic mass is 16.6. The molecule has 4 unspecified atom stereocenters. The first-order valence-corrected chi connectivity index (χ1v) is 3.69. The third-order valence-electron chi connectivity index (χ3n) is 1.91. The largest absolute Gasteiger partial charge is 0.385 e. The average Bonchev–Trinajstić information content (AvgIpc) is 1.96. The van der Waals surface area contributed by atoms with E-state index in [9.17, 15) is 5.11 Å². The number of hydrogen-bond donors (Lipinski definition) is 2. The van der Waals surface area contributed by atoms with Crippen molar-refractivity contribution in [2.45, 2.75) is 37.9 Å². The molecule has 0 aromatic rings. The Morgan fingerprint density at radius 2 is 2.09 bits per heavy atom. The van der Waals surface area contributed by atoms with E-state index < -0.39 is 12.4 Å². The fourth-order valence-corrected chi connectivity index (χ4v) is 1.26. The molecular formula is C7H14O4. The number of aliphatic hydroxyl groups excluding tert-OH is 2. The van der Waals surface area contributed by atoms with Crippen molar-refractivity contribution in [3.05, 3.63) is 0 Å². The van der Waals surface area contributed by atoms with Gasteiger partial charge in [-0.05, 0) is 6.92 Å². The zero-order valence-corrected chi connectivity index (χ0v) is 6.73. The summed E-state index contributed by atoms with van der Waals surface area (Å²) in [4.78, 5) is 0. The molecule has 0 spiro atoms. The second kappa shape index (κ2) is 3.49. The van der Waals surface area contributed by atoms with Gasteiger partial charge in [-0.1, -0.05) is 0 Å². The molecule has 0 bridgehead atoms. The lowest BCUT2D eigenvalue weighted by Gasteiger charge is -2.34. The molecule has 4 heteroatoms. The molecule has 0 aliphatic carbocycles. The number of hydrogen-bond acceptors (Lipinski definition) is 4. The van der Waals surface area contributed by atoms with Crippen LogP contribution in [0.1, 0.15) is 13.3 Å². The highest BCUT2D eigenvalue weighted by Gasteiger charge is 2.34. The SMILES string of the molecule is COC1CC(C)OC(O)C1O. The first-order valence-electron chi connectivity index (χ1n) is 3.69. The molecule has 0 amide bonds. The summed E-state index contributed by atoms with van der Waals surface area (Å²) in [5.41, 5.74) is 0. The van der Waals surface area contributed by atoms with Crippen LogP contribution in [0.4, 0.5) is 0 Å². The maximum absolute atomic E-state index is 9.26. The van der Waals surface area contributed by atoms with Crippen LogP contribution in [0, 0.1) is 0 Å². The van der Waals surface area contributed by atoms with Crippen molar-refractivity contribution >= 4 is 0 Å². The molecule has 0 aromatic heterocycles. The molecule has 1 fully saturated rings. The third-order valence-corrected chi connectivity index (χ3v) is 1.91. The summed E-state index contributed by atoms with van der Waals surface area (Å²) in [5.74, 6) is 0. The van der Waals surface area contributed by atoms with Gasteiger partial charge in [-0.25, -0.2) is 0 Å². The van der Waals surface area contributed by atoms with Crippen LogP contribution in [0.3, 0.4) is 0 Å². The molecule has 1 saturated heterocycles. The van der Waals surface area contributed by atoms with Gasteiger partial charge in [-0.15, -0.1) is 0 Å². The van der Waals surface area contributed by atoms with E-state index in [-0.39, 0.29) is 12.2 Å². The standard InChI is InChI=1S/C7H14O4/c1-4-3-5(10-2)6(8)7(9)11-4/h4-9H,3H2,1-2H3. The molecule has 0 radical (unpaired) electrons. The van der Waals surface area contributed by atoms with Crippen LogP contribution in [0.5, 0.6) is 0 Å². The third kappa shape index (κ3) is 1.90. The Morgan fingerprint density at radius 1 is 1.45 bits per heavy atom. The van der Waals surface area contributed by atoms with Gasteiger partial charge < -0.3 is 19.7 Å². The van der Waals surface area contributed by atoms with E-state index in [1.807, 2.05) is 6.92 Å². The minimum absolute atomic E-state index is 0.0571. The molecule has 2 N–H and O–H groups in total. The summed E-state index contributed by atoms with van der Waals surface area (Å²) >= 11 is 0. The van der Waals surface area contributed by atoms with Gasteiger partial charge in [0.15, 0.2) is 6.29 Å². The van der Waals surface area contributed by atoms with E-state index >= 15 is 0 Å². The van der Waals surface area contributed by atoms with Gasteiger partial charge in [-0.3, -0.25) is 0 Å². The molecule has 1 heterocycles. The lowest BCUT2D eigenvalue weighted by molar-refractivity contribution is -0.247. The summed E-state index contributed by atoms with van der Waals surface area (Å²) in [5, 5.41) is 18.4. The van der Waals surface area contributed by atoms with Gasteiger partial charge in [0.2, 0.25) is 0 Å². The second-order valence-corrected chi connectivity index (χ2v) is 2.84. The average molecular weight is 162 g/mol. The lowest BCUT2D eigenvalue weighted by Crippen LogP contribution is -2.48. The highest BCUT2D eigenvalue weighted by Crippen LogP contribution is 2.20. The Balaban J connectivity index is 2.51. The van der Waals surface area contributed by atoms with Crippen molar-refractivity contribution < 1.29 is 19.7 Å². The Bertz CT molecular complexity index is 128. The summed E-state index contributed by atoms with van der Waals surface area (Å²) in [6.45, 7) is 1.83.